The van der Waals surface area contributed by atoms with Crippen LogP contribution >= 0.6 is 0 Å². The summed E-state index contributed by atoms with van der Waals surface area (Å²) < 4.78 is 5.70. The SMILES string of the molecule is CCC(C)c1ccc(Oc2cc(NC)nc(N)n2)cc1. The van der Waals surface area contributed by atoms with Crippen molar-refractivity contribution in [2.75, 3.05) is 18.1 Å². The number of nitrogen functional groups attached to an aromatic ring is 1. The van der Waals surface area contributed by atoms with Gasteiger partial charge in [0.1, 0.15) is 11.6 Å². The van der Waals surface area contributed by atoms with E-state index in [4.69, 9.17) is 10.5 Å². The number of ether oxygens (including phenoxy) is 1. The molecule has 0 saturated heterocycles. The number of nitrogens with two attached hydrogens (primary N) is 1. The van der Waals surface area contributed by atoms with Gasteiger partial charge >= 0.3 is 0 Å². The van der Waals surface area contributed by atoms with E-state index in [0.717, 1.165) is 12.2 Å². The molecule has 0 aliphatic carbocycles. The fourth-order valence-electron chi connectivity index (χ4n) is 1.84. The zero-order valence-electron chi connectivity index (χ0n) is 12.1. The van der Waals surface area contributed by atoms with Crippen LogP contribution in [-0.4, -0.2) is 17.0 Å². The number of hydrogen-bond donors (Lipinski definition) is 2. The molecular weight excluding hydrogens is 252 g/mol. The number of nitrogens with zero attached hydrogens (tertiary/aromatic N) is 2. The van der Waals surface area contributed by atoms with Gasteiger partial charge in [0, 0.05) is 13.1 Å². The Morgan fingerprint density at radius 3 is 2.55 bits per heavy atom. The maximum absolute atomic E-state index is 5.70. The van der Waals surface area contributed by atoms with E-state index in [0.29, 0.717) is 17.6 Å². The van der Waals surface area contributed by atoms with E-state index in [2.05, 4.69) is 41.3 Å². The van der Waals surface area contributed by atoms with Crippen molar-refractivity contribution in [1.82, 2.24) is 9.97 Å². The van der Waals surface area contributed by atoms with E-state index < -0.39 is 0 Å². The molecule has 3 N–H and O–H groups in total. The van der Waals surface area contributed by atoms with Crippen molar-refractivity contribution < 1.29 is 4.74 Å². The number of hydrogen-bond acceptors (Lipinski definition) is 5. The summed E-state index contributed by atoms with van der Waals surface area (Å²) in [7, 11) is 1.77. The van der Waals surface area contributed by atoms with Crippen LogP contribution in [0.2, 0.25) is 0 Å². The van der Waals surface area contributed by atoms with Crippen molar-refractivity contribution in [1.29, 1.82) is 0 Å². The first kappa shape index (κ1) is 14.1. The minimum atomic E-state index is 0.183. The summed E-state index contributed by atoms with van der Waals surface area (Å²) in [4.78, 5) is 8.07. The third-order valence-corrected chi connectivity index (χ3v) is 3.26. The van der Waals surface area contributed by atoms with Gasteiger partial charge < -0.3 is 15.8 Å². The van der Waals surface area contributed by atoms with Gasteiger partial charge in [-0.2, -0.15) is 9.97 Å². The molecule has 5 heteroatoms. The molecule has 0 bridgehead atoms. The normalized spacial score (nSPS) is 11.9. The van der Waals surface area contributed by atoms with E-state index in [1.807, 2.05) is 12.1 Å². The lowest BCUT2D eigenvalue weighted by Gasteiger charge is -2.10. The molecule has 0 amide bonds. The molecule has 0 aliphatic rings. The Hall–Kier alpha value is -2.30. The molecule has 106 valence electrons. The molecular formula is C15H20N4O. The molecule has 1 heterocycles. The first-order valence-corrected chi connectivity index (χ1v) is 6.72. The van der Waals surface area contributed by atoms with Crippen molar-refractivity contribution >= 4 is 11.8 Å². The van der Waals surface area contributed by atoms with E-state index in [1.165, 1.54) is 5.56 Å². The number of nitrogens with one attached hydrogen (secondary N) is 1. The molecule has 0 saturated carbocycles. The highest BCUT2D eigenvalue weighted by atomic mass is 16.5. The average Bonchev–Trinajstić information content (AvgIpc) is 2.46. The quantitative estimate of drug-likeness (QED) is 0.872. The van der Waals surface area contributed by atoms with Crippen LogP contribution in [0.3, 0.4) is 0 Å². The third kappa shape index (κ3) is 3.38. The highest BCUT2D eigenvalue weighted by Crippen LogP contribution is 2.25. The topological polar surface area (TPSA) is 73.1 Å². The molecule has 0 aliphatic heterocycles. The fourth-order valence-corrected chi connectivity index (χ4v) is 1.84. The molecule has 1 unspecified atom stereocenters. The second-order valence-electron chi connectivity index (χ2n) is 4.68. The molecule has 0 radical (unpaired) electrons. The molecule has 0 fully saturated rings. The van der Waals surface area contributed by atoms with Crippen molar-refractivity contribution in [2.45, 2.75) is 26.2 Å². The standard InChI is InChI=1S/C15H20N4O/c1-4-10(2)11-5-7-12(8-6-11)20-14-9-13(17-3)18-15(16)19-14/h5-10H,4H2,1-3H3,(H3,16,17,18,19). The summed E-state index contributed by atoms with van der Waals surface area (Å²) >= 11 is 0. The largest absolute Gasteiger partial charge is 0.439 e. The molecule has 1 aromatic heterocycles. The lowest BCUT2D eigenvalue weighted by Crippen LogP contribution is -2.01. The Morgan fingerprint density at radius 2 is 1.95 bits per heavy atom. The van der Waals surface area contributed by atoms with E-state index in [1.54, 1.807) is 13.1 Å². The van der Waals surface area contributed by atoms with Crippen LogP contribution in [0.15, 0.2) is 30.3 Å². The van der Waals surface area contributed by atoms with Gasteiger partial charge in [-0.05, 0) is 30.0 Å². The Labute approximate surface area is 119 Å². The van der Waals surface area contributed by atoms with E-state index >= 15 is 0 Å². The zero-order valence-corrected chi connectivity index (χ0v) is 12.1. The van der Waals surface area contributed by atoms with Crippen LogP contribution in [0.4, 0.5) is 11.8 Å². The summed E-state index contributed by atoms with van der Waals surface area (Å²) in [6, 6.07) is 9.75. The van der Waals surface area contributed by atoms with E-state index in [-0.39, 0.29) is 5.95 Å². The Kier molecular flexibility index (Phi) is 4.40. The highest BCUT2D eigenvalue weighted by molar-refractivity contribution is 5.43. The van der Waals surface area contributed by atoms with Crippen LogP contribution < -0.4 is 15.8 Å². The van der Waals surface area contributed by atoms with Crippen molar-refractivity contribution in [2.24, 2.45) is 0 Å². The summed E-state index contributed by atoms with van der Waals surface area (Å²) in [6.07, 6.45) is 1.12. The summed E-state index contributed by atoms with van der Waals surface area (Å²) in [5.74, 6) is 2.52. The van der Waals surface area contributed by atoms with Gasteiger partial charge in [-0.1, -0.05) is 26.0 Å². The lowest BCUT2D eigenvalue weighted by molar-refractivity contribution is 0.462. The highest BCUT2D eigenvalue weighted by Gasteiger charge is 2.06. The maximum Gasteiger partial charge on any atom is 0.226 e. The predicted octanol–water partition coefficient (Wildman–Crippen LogP) is 3.41. The smallest absolute Gasteiger partial charge is 0.226 e. The Balaban J connectivity index is 2.15. The second-order valence-corrected chi connectivity index (χ2v) is 4.68. The van der Waals surface area contributed by atoms with Crippen LogP contribution in [0.25, 0.3) is 0 Å². The van der Waals surface area contributed by atoms with Gasteiger partial charge in [0.15, 0.2) is 0 Å². The second kappa shape index (κ2) is 6.23. The van der Waals surface area contributed by atoms with Crippen LogP contribution in [0.5, 0.6) is 11.6 Å². The maximum atomic E-state index is 5.70. The van der Waals surface area contributed by atoms with E-state index in [9.17, 15) is 0 Å². The number of benzene rings is 1. The van der Waals surface area contributed by atoms with Crippen molar-refractivity contribution in [3.63, 3.8) is 0 Å². The molecule has 1 atom stereocenters. The fraction of sp³-hybridized carbons (Fsp3) is 0.333. The molecule has 2 aromatic rings. The molecule has 5 nitrogen and oxygen atoms in total. The first-order valence-electron chi connectivity index (χ1n) is 6.72. The van der Waals surface area contributed by atoms with Gasteiger partial charge in [-0.25, -0.2) is 0 Å². The van der Waals surface area contributed by atoms with Crippen LogP contribution in [-0.2, 0) is 0 Å². The third-order valence-electron chi connectivity index (χ3n) is 3.26. The average molecular weight is 272 g/mol. The van der Waals surface area contributed by atoms with Gasteiger partial charge in [-0.3, -0.25) is 0 Å². The van der Waals surface area contributed by atoms with Gasteiger partial charge in [0.25, 0.3) is 0 Å². The molecule has 0 spiro atoms. The summed E-state index contributed by atoms with van der Waals surface area (Å²) in [5.41, 5.74) is 6.93. The first-order chi connectivity index (χ1) is 9.62. The minimum absolute atomic E-state index is 0.183. The van der Waals surface area contributed by atoms with Gasteiger partial charge in [-0.15, -0.1) is 0 Å². The summed E-state index contributed by atoms with van der Waals surface area (Å²) in [6.45, 7) is 4.39. The Bertz CT molecular complexity index is 569. The lowest BCUT2D eigenvalue weighted by atomic mass is 9.99. The van der Waals surface area contributed by atoms with Crippen molar-refractivity contribution in [3.05, 3.63) is 35.9 Å². The molecule has 2 rings (SSSR count). The number of anilines is 2. The molecule has 1 aromatic carbocycles. The number of rotatable bonds is 5. The van der Waals surface area contributed by atoms with Crippen LogP contribution in [0, 0.1) is 0 Å². The van der Waals surface area contributed by atoms with Gasteiger partial charge in [0.2, 0.25) is 11.8 Å². The van der Waals surface area contributed by atoms with Gasteiger partial charge in [0.05, 0.1) is 0 Å². The minimum Gasteiger partial charge on any atom is -0.439 e. The predicted molar refractivity (Wildman–Crippen MR) is 81.2 cm³/mol. The zero-order chi connectivity index (χ0) is 14.5. The number of aromatic nitrogens is 2. The molecule has 20 heavy (non-hydrogen) atoms. The summed E-state index contributed by atoms with van der Waals surface area (Å²) in [5, 5.41) is 2.91. The van der Waals surface area contributed by atoms with Crippen molar-refractivity contribution in [3.8, 4) is 11.6 Å². The van der Waals surface area contributed by atoms with Crippen LogP contribution in [0.1, 0.15) is 31.7 Å². The monoisotopic (exact) mass is 272 g/mol. The Morgan fingerprint density at radius 1 is 1.25 bits per heavy atom.